The fraction of sp³-hybridized carbons (Fsp3) is 0.800. The molecule has 110 valence electrons. The van der Waals surface area contributed by atoms with Crippen molar-refractivity contribution in [3.63, 3.8) is 0 Å². The Morgan fingerprint density at radius 3 is 2.16 bits per heavy atom. The molecule has 0 aliphatic heterocycles. The van der Waals surface area contributed by atoms with Gasteiger partial charge in [0.15, 0.2) is 5.82 Å². The van der Waals surface area contributed by atoms with Crippen LogP contribution in [0.2, 0.25) is 0 Å². The van der Waals surface area contributed by atoms with Crippen molar-refractivity contribution in [3.8, 4) is 0 Å². The molecule has 1 aromatic rings. The first-order valence-corrected chi connectivity index (χ1v) is 7.54. The normalized spacial score (nSPS) is 11.6. The lowest BCUT2D eigenvalue weighted by atomic mass is 10.1. The minimum absolute atomic E-state index is 0.532. The van der Waals surface area contributed by atoms with Gasteiger partial charge in [0, 0.05) is 19.6 Å². The van der Waals surface area contributed by atoms with E-state index in [0.29, 0.717) is 12.0 Å². The number of nitrogen functional groups attached to an aromatic ring is 1. The fourth-order valence-electron chi connectivity index (χ4n) is 2.72. The predicted molar refractivity (Wildman–Crippen MR) is 83.6 cm³/mol. The summed E-state index contributed by atoms with van der Waals surface area (Å²) in [5, 5.41) is 4.56. The van der Waals surface area contributed by atoms with Crippen LogP contribution in [0.3, 0.4) is 0 Å². The van der Waals surface area contributed by atoms with Gasteiger partial charge in [0.1, 0.15) is 0 Å². The lowest BCUT2D eigenvalue weighted by Crippen LogP contribution is -2.39. The molecule has 0 saturated heterocycles. The molecule has 1 heterocycles. The van der Waals surface area contributed by atoms with Gasteiger partial charge in [-0.25, -0.2) is 0 Å². The topological polar surface area (TPSA) is 47.1 Å². The molecule has 0 aromatic carbocycles. The van der Waals surface area contributed by atoms with Gasteiger partial charge >= 0.3 is 0 Å². The molecule has 4 heteroatoms. The third-order valence-corrected chi connectivity index (χ3v) is 3.68. The van der Waals surface area contributed by atoms with Gasteiger partial charge < -0.3 is 10.6 Å². The molecular formula is C15H30N4. The third-order valence-electron chi connectivity index (χ3n) is 3.68. The Labute approximate surface area is 118 Å². The standard InChI is InChI=1S/C15H30N4/c1-7-12(8-2)19(10-11(4)5)15-14(16)13(9-3)17-18(15)6/h11-12H,7-10,16H2,1-6H3. The summed E-state index contributed by atoms with van der Waals surface area (Å²) in [4.78, 5) is 2.45. The molecule has 2 N–H and O–H groups in total. The van der Waals surface area contributed by atoms with E-state index in [9.17, 15) is 0 Å². The second-order valence-corrected chi connectivity index (χ2v) is 5.68. The summed E-state index contributed by atoms with van der Waals surface area (Å²) in [6.07, 6.45) is 3.16. The van der Waals surface area contributed by atoms with E-state index in [1.165, 1.54) is 0 Å². The third kappa shape index (κ3) is 3.43. The predicted octanol–water partition coefficient (Wildman–Crippen LogP) is 3.22. The first-order valence-electron chi connectivity index (χ1n) is 7.54. The molecule has 1 aromatic heterocycles. The summed E-state index contributed by atoms with van der Waals surface area (Å²) < 4.78 is 1.95. The maximum Gasteiger partial charge on any atom is 0.150 e. The van der Waals surface area contributed by atoms with Crippen molar-refractivity contribution in [2.75, 3.05) is 17.2 Å². The second kappa shape index (κ2) is 6.83. The van der Waals surface area contributed by atoms with Crippen molar-refractivity contribution in [3.05, 3.63) is 5.69 Å². The van der Waals surface area contributed by atoms with Crippen molar-refractivity contribution in [2.24, 2.45) is 13.0 Å². The second-order valence-electron chi connectivity index (χ2n) is 5.68. The fourth-order valence-corrected chi connectivity index (χ4v) is 2.72. The van der Waals surface area contributed by atoms with Crippen LogP contribution in [0.5, 0.6) is 0 Å². The van der Waals surface area contributed by atoms with E-state index in [1.54, 1.807) is 0 Å². The number of anilines is 2. The van der Waals surface area contributed by atoms with Gasteiger partial charge in [-0.3, -0.25) is 4.68 Å². The quantitative estimate of drug-likeness (QED) is 0.824. The number of hydrogen-bond acceptors (Lipinski definition) is 3. The Kier molecular flexibility index (Phi) is 5.70. The molecule has 0 saturated carbocycles. The highest BCUT2D eigenvalue weighted by atomic mass is 15.4. The molecule has 0 fully saturated rings. The Morgan fingerprint density at radius 1 is 1.21 bits per heavy atom. The Morgan fingerprint density at radius 2 is 1.79 bits per heavy atom. The zero-order valence-electron chi connectivity index (χ0n) is 13.4. The zero-order chi connectivity index (χ0) is 14.6. The molecular weight excluding hydrogens is 236 g/mol. The van der Waals surface area contributed by atoms with Crippen LogP contribution in [0.4, 0.5) is 11.5 Å². The van der Waals surface area contributed by atoms with E-state index in [1.807, 2.05) is 11.7 Å². The van der Waals surface area contributed by atoms with Gasteiger partial charge in [-0.2, -0.15) is 5.10 Å². The zero-order valence-corrected chi connectivity index (χ0v) is 13.4. The summed E-state index contributed by atoms with van der Waals surface area (Å²) in [6, 6.07) is 0.532. The first-order chi connectivity index (χ1) is 8.96. The highest BCUT2D eigenvalue weighted by Gasteiger charge is 2.24. The molecule has 0 radical (unpaired) electrons. The number of nitrogens with two attached hydrogens (primary N) is 1. The number of nitrogens with zero attached hydrogens (tertiary/aromatic N) is 3. The molecule has 0 atom stereocenters. The summed E-state index contributed by atoms with van der Waals surface area (Å²) in [5.41, 5.74) is 8.18. The Bertz CT molecular complexity index is 391. The van der Waals surface area contributed by atoms with Crippen molar-refractivity contribution in [2.45, 2.75) is 59.9 Å². The first kappa shape index (κ1) is 15.9. The van der Waals surface area contributed by atoms with E-state index >= 15 is 0 Å². The minimum Gasteiger partial charge on any atom is -0.394 e. The lowest BCUT2D eigenvalue weighted by molar-refractivity contribution is 0.495. The molecule has 0 aliphatic carbocycles. The van der Waals surface area contributed by atoms with Crippen molar-refractivity contribution < 1.29 is 0 Å². The van der Waals surface area contributed by atoms with Crippen LogP contribution < -0.4 is 10.6 Å². The average Bonchev–Trinajstić information content (AvgIpc) is 2.64. The summed E-state index contributed by atoms with van der Waals surface area (Å²) in [5.74, 6) is 1.71. The van der Waals surface area contributed by atoms with Crippen LogP contribution in [0.15, 0.2) is 0 Å². The van der Waals surface area contributed by atoms with Crippen molar-refractivity contribution in [1.29, 1.82) is 0 Å². The van der Waals surface area contributed by atoms with Gasteiger partial charge in [0.05, 0.1) is 11.4 Å². The summed E-state index contributed by atoms with van der Waals surface area (Å²) >= 11 is 0. The lowest BCUT2D eigenvalue weighted by Gasteiger charge is -2.34. The number of rotatable bonds is 7. The molecule has 0 unspecified atom stereocenters. The molecule has 0 aliphatic rings. The largest absolute Gasteiger partial charge is 0.394 e. The van der Waals surface area contributed by atoms with Gasteiger partial charge in [0.25, 0.3) is 0 Å². The van der Waals surface area contributed by atoms with E-state index < -0.39 is 0 Å². The van der Waals surface area contributed by atoms with Crippen LogP contribution in [-0.2, 0) is 13.5 Å². The molecule has 0 spiro atoms. The van der Waals surface area contributed by atoms with Gasteiger partial charge in [-0.05, 0) is 25.2 Å². The summed E-state index contributed by atoms with van der Waals surface area (Å²) in [7, 11) is 2.00. The maximum absolute atomic E-state index is 6.31. The number of hydrogen-bond donors (Lipinski definition) is 1. The molecule has 0 bridgehead atoms. The highest BCUT2D eigenvalue weighted by Crippen LogP contribution is 2.30. The Hall–Kier alpha value is -1.19. The van der Waals surface area contributed by atoms with E-state index in [-0.39, 0.29) is 0 Å². The molecule has 1 rings (SSSR count). The highest BCUT2D eigenvalue weighted by molar-refractivity contribution is 5.67. The van der Waals surface area contributed by atoms with Crippen molar-refractivity contribution >= 4 is 11.5 Å². The van der Waals surface area contributed by atoms with E-state index in [2.05, 4.69) is 44.6 Å². The minimum atomic E-state index is 0.532. The van der Waals surface area contributed by atoms with Crippen molar-refractivity contribution in [1.82, 2.24) is 9.78 Å². The summed E-state index contributed by atoms with van der Waals surface area (Å²) in [6.45, 7) is 12.1. The molecule has 19 heavy (non-hydrogen) atoms. The number of aromatic nitrogens is 2. The van der Waals surface area contributed by atoms with Crippen LogP contribution in [0.1, 0.15) is 53.2 Å². The van der Waals surface area contributed by atoms with Crippen LogP contribution in [0, 0.1) is 5.92 Å². The monoisotopic (exact) mass is 266 g/mol. The maximum atomic E-state index is 6.31. The van der Waals surface area contributed by atoms with Crippen LogP contribution in [-0.4, -0.2) is 22.4 Å². The smallest absolute Gasteiger partial charge is 0.150 e. The van der Waals surface area contributed by atoms with Gasteiger partial charge in [0.2, 0.25) is 0 Å². The van der Waals surface area contributed by atoms with Gasteiger partial charge in [-0.1, -0.05) is 34.6 Å². The SMILES string of the molecule is CCc1nn(C)c(N(CC(C)C)C(CC)CC)c1N. The Balaban J connectivity index is 3.20. The van der Waals surface area contributed by atoms with Crippen LogP contribution >= 0.6 is 0 Å². The number of aryl methyl sites for hydroxylation is 2. The molecule has 4 nitrogen and oxygen atoms in total. The van der Waals surface area contributed by atoms with E-state index in [0.717, 1.165) is 43.0 Å². The van der Waals surface area contributed by atoms with Crippen LogP contribution in [0.25, 0.3) is 0 Å². The molecule has 0 amide bonds. The van der Waals surface area contributed by atoms with E-state index in [4.69, 9.17) is 5.73 Å². The van der Waals surface area contributed by atoms with Gasteiger partial charge in [-0.15, -0.1) is 0 Å². The average molecular weight is 266 g/mol.